The quantitative estimate of drug-likeness (QED) is 0.0113. The molecule has 3 aromatic carbocycles. The zero-order chi connectivity index (χ0) is 85.5. The topological polar surface area (TPSA) is 661 Å². The van der Waals surface area contributed by atoms with Crippen LogP contribution in [0, 0.1) is 3.57 Å². The molecule has 3 aromatic rings. The molecule has 115 heavy (non-hydrogen) atoms. The minimum absolute atomic E-state index is 0.0800. The monoisotopic (exact) mass is 1780 g/mol. The number of amides is 9. The Morgan fingerprint density at radius 2 is 1.03 bits per heavy atom. The van der Waals surface area contributed by atoms with Crippen LogP contribution in [-0.4, -0.2) is 292 Å². The summed E-state index contributed by atoms with van der Waals surface area (Å²) >= 11 is 1.77. The number of hydrogen-bond donors (Lipinski definition) is 19. The van der Waals surface area contributed by atoms with Gasteiger partial charge in [-0.25, -0.2) is 24.1 Å². The summed E-state index contributed by atoms with van der Waals surface area (Å²) < 4.78 is 31.1. The van der Waals surface area contributed by atoms with E-state index in [0.29, 0.717) is 44.1 Å². The lowest BCUT2D eigenvalue weighted by molar-refractivity contribution is -0.274. The van der Waals surface area contributed by atoms with Gasteiger partial charge < -0.3 is 88.5 Å². The van der Waals surface area contributed by atoms with Crippen LogP contribution in [0.4, 0.5) is 21.0 Å². The number of urea groups is 1. The molecule has 1 fully saturated rings. The van der Waals surface area contributed by atoms with Gasteiger partial charge in [-0.3, -0.25) is 77.1 Å². The fourth-order valence-electron chi connectivity index (χ4n) is 11.8. The van der Waals surface area contributed by atoms with E-state index in [0.717, 1.165) is 0 Å². The lowest BCUT2D eigenvalue weighted by Crippen LogP contribution is -2.54. The Hall–Kier alpha value is -9.93. The zero-order valence-electron chi connectivity index (χ0n) is 62.2. The predicted molar refractivity (Wildman–Crippen MR) is 408 cm³/mol. The van der Waals surface area contributed by atoms with Crippen LogP contribution >= 0.6 is 39.1 Å². The second-order valence-electron chi connectivity index (χ2n) is 26.4. The van der Waals surface area contributed by atoms with Crippen LogP contribution in [0.2, 0.25) is 0 Å². The van der Waals surface area contributed by atoms with Crippen molar-refractivity contribution >= 4 is 134 Å². The summed E-state index contributed by atoms with van der Waals surface area (Å²) in [5, 5.41) is 109. The normalized spacial score (nSPS) is 15.3. The zero-order valence-corrected chi connectivity index (χ0v) is 66.2. The highest BCUT2D eigenvalue weighted by Gasteiger charge is 2.48. The van der Waals surface area contributed by atoms with Crippen LogP contribution in [0.5, 0.6) is 5.75 Å². The van der Waals surface area contributed by atoms with Gasteiger partial charge in [0.05, 0.1) is 36.0 Å². The van der Waals surface area contributed by atoms with E-state index in [9.17, 15) is 127 Å². The molecule has 3 unspecified atom stereocenters. The summed E-state index contributed by atoms with van der Waals surface area (Å²) in [6.45, 7) is -3.86. The molecule has 19 N–H and O–H groups in total. The number of aromatic hydroxyl groups is 1. The van der Waals surface area contributed by atoms with Gasteiger partial charge in [-0.15, -0.1) is 9.79 Å². The van der Waals surface area contributed by atoms with Crippen molar-refractivity contribution in [3.63, 3.8) is 0 Å². The van der Waals surface area contributed by atoms with Gasteiger partial charge in [0.2, 0.25) is 35.4 Å². The molecule has 1 aliphatic rings. The number of unbranched alkanes of at least 4 members (excludes halogenated alkanes) is 5. The highest BCUT2D eigenvalue weighted by Crippen LogP contribution is 2.35. The molecule has 0 bridgehead atoms. The van der Waals surface area contributed by atoms with E-state index < -0.39 is 205 Å². The first-order valence-corrected chi connectivity index (χ1v) is 39.5. The lowest BCUT2D eigenvalue weighted by atomic mass is 10.0. The molecule has 634 valence electrons. The van der Waals surface area contributed by atoms with E-state index in [1.54, 1.807) is 52.9 Å². The number of carboxylic acids is 6. The number of carboxylic acid groups (broad SMARTS) is 7. The third-order valence-corrected chi connectivity index (χ3v) is 19.5. The number of imide groups is 1. The number of aliphatic hydroxyl groups is 1. The van der Waals surface area contributed by atoms with Crippen molar-refractivity contribution in [2.45, 2.75) is 145 Å². The van der Waals surface area contributed by atoms with Crippen molar-refractivity contribution in [3.8, 4) is 5.75 Å². The Kier molecular flexibility index (Phi) is 42.7. The number of hydrogen-bond acceptors (Lipinski definition) is 27. The van der Waals surface area contributed by atoms with Crippen molar-refractivity contribution in [1.29, 1.82) is 0 Å². The molecule has 0 radical (unpaired) electrons. The average molecular weight is 1780 g/mol. The molecule has 0 aromatic heterocycles. The maximum atomic E-state index is 14.7. The minimum Gasteiger partial charge on any atom is -0.507 e. The van der Waals surface area contributed by atoms with Crippen LogP contribution in [0.15, 0.2) is 58.1 Å². The van der Waals surface area contributed by atoms with E-state index in [1.165, 1.54) is 37.8 Å². The molecule has 47 heteroatoms. The molecule has 0 spiro atoms. The summed E-state index contributed by atoms with van der Waals surface area (Å²) in [6.07, 6.45) is -1.25. The number of carbonyl (C=O) groups excluding carboxylic acids is 7. The van der Waals surface area contributed by atoms with E-state index in [-0.39, 0.29) is 142 Å². The first-order valence-electron chi connectivity index (χ1n) is 36.2. The van der Waals surface area contributed by atoms with Crippen LogP contribution in [0.25, 0.3) is 0 Å². The third kappa shape index (κ3) is 37.0. The number of phenolic OH excluding ortho intramolecular Hbond substituents is 1. The van der Waals surface area contributed by atoms with E-state index in [1.807, 2.05) is 0 Å². The fraction of sp³-hybridized carbons (Fsp3) is 0.559. The molecule has 4 rings (SSSR count). The van der Waals surface area contributed by atoms with Crippen LogP contribution in [0.3, 0.4) is 0 Å². The van der Waals surface area contributed by atoms with E-state index in [2.05, 4.69) is 51.6 Å². The summed E-state index contributed by atoms with van der Waals surface area (Å²) in [6, 6.07) is 3.24. The standard InChI is InChI=1S/C68H94IN13O31P2/c69-43-37-42(18-20-48(43)83)56(76-51(86)21-19-47(65(102)103)81-34-32-79(39-54(90)91)30-28-78(29-31-80(33-35-81)40-55(92)93)38-52(87)77-58-57(59(94)60(58)95)72-26-23-68(107,112-114(108)109)113-115(110)111)62(97)74-46(36-41-12-4-3-5-13-41)61(96)73-44(63(98)99)14-8-10-24-70-49(84)16-6-1-2-7-17-50(85)71-25-11-9-15-45(64(100)101)75-66(104)82(67(105)106)27-22-53(88)89/h3-5,12-13,18,20,37,44-47,56,107H,1-2,6-11,14-17,19,21-36,38-40H2,(H16-2,70,71,72,73,74,75,76,77,83,84,85,86,87,88,89,90,91,92,93,94,95,96,97,98,99,100,101,102,103,104,105,106,108,109,110,111)/p+2/t44-,45-,46+,47?,56+/m0/s1. The smallest absolute Gasteiger partial charge is 0.507 e. The van der Waals surface area contributed by atoms with Gasteiger partial charge in [-0.2, -0.15) is 0 Å². The summed E-state index contributed by atoms with van der Waals surface area (Å²) in [5.74, 6) is -15.9. The van der Waals surface area contributed by atoms with E-state index >= 15 is 0 Å². The molecule has 1 heterocycles. The van der Waals surface area contributed by atoms with Crippen LogP contribution in [-0.2, 0) is 82.1 Å². The Labute approximate surface area is 671 Å². The highest BCUT2D eigenvalue weighted by molar-refractivity contribution is 14.1. The molecule has 9 amide bonds. The Bertz CT molecular complexity index is 3920. The SMILES string of the molecule is O=C(O)CCN(C(=O)O)C(=O)N[C@@H](CCCCNC(=O)CCCCCCC(=O)NCCCC[C@H](NC(=O)[C@@H](Cc1ccccc1)NC(=O)[C@H](NC(=O)CCC(C(=O)O)N1CCN(CC(=O)O)CCN(CC(=O)Nc2c(NCCC(O)(O[P+](=O)O)O[P+](=O)O)c(=O)c2=O)CCN(CC(=O)O)CC1)c1ccc(O)c(I)c1)C(=O)O)C(=O)O. The fourth-order valence-corrected chi connectivity index (χ4v) is 13.1. The van der Waals surface area contributed by atoms with Gasteiger partial charge in [0.1, 0.15) is 47.3 Å². The summed E-state index contributed by atoms with van der Waals surface area (Å²) in [5.41, 5.74) is -2.75. The number of aliphatic carboxylic acids is 6. The first-order chi connectivity index (χ1) is 54.3. The van der Waals surface area contributed by atoms with Gasteiger partial charge in [0, 0.05) is 113 Å². The number of benzene rings is 2. The van der Waals surface area contributed by atoms with Gasteiger partial charge in [-0.1, -0.05) is 49.2 Å². The first kappa shape index (κ1) is 97.4. The Morgan fingerprint density at radius 3 is 1.51 bits per heavy atom. The number of halogens is 1. The Balaban J connectivity index is 1.35. The number of anilines is 2. The Morgan fingerprint density at radius 1 is 0.522 bits per heavy atom. The van der Waals surface area contributed by atoms with E-state index in [4.69, 9.17) is 14.9 Å². The number of carbonyl (C=O) groups is 14. The average Bonchev–Trinajstić information content (AvgIpc) is 0.780. The molecule has 1 saturated heterocycles. The molecular formula is C68H96IN13O31P2+2. The van der Waals surface area contributed by atoms with Gasteiger partial charge >= 0.3 is 70.4 Å². The third-order valence-electron chi connectivity index (χ3n) is 17.8. The van der Waals surface area contributed by atoms with Crippen LogP contribution in [0.1, 0.15) is 120 Å². The van der Waals surface area contributed by atoms with Crippen molar-refractivity contribution in [3.05, 3.63) is 83.7 Å². The van der Waals surface area contributed by atoms with Crippen LogP contribution < -0.4 is 53.4 Å². The maximum absolute atomic E-state index is 14.7. The number of rotatable bonds is 51. The van der Waals surface area contributed by atoms with Gasteiger partial charge in [0.25, 0.3) is 10.9 Å². The summed E-state index contributed by atoms with van der Waals surface area (Å²) in [7, 11) is -7.18. The predicted octanol–water partition coefficient (Wildman–Crippen LogP) is -0.378. The van der Waals surface area contributed by atoms with Gasteiger partial charge in [-0.05, 0) is 113 Å². The van der Waals surface area contributed by atoms with Gasteiger partial charge in [0.15, 0.2) is 0 Å². The molecule has 7 atom stereocenters. The maximum Gasteiger partial charge on any atom is 0.700 e. The second kappa shape index (κ2) is 50.4. The number of nitrogens with one attached hydrogen (secondary N) is 8. The molecular weight excluding hydrogens is 1680 g/mol. The van der Waals surface area contributed by atoms with Crippen molar-refractivity contribution < 1.29 is 141 Å². The number of phenols is 1. The summed E-state index contributed by atoms with van der Waals surface area (Å²) in [4.78, 5) is 227. The lowest BCUT2D eigenvalue weighted by Gasteiger charge is -2.35. The molecule has 44 nitrogen and oxygen atoms in total. The highest BCUT2D eigenvalue weighted by atomic mass is 127. The molecule has 1 aliphatic heterocycles. The second-order valence-corrected chi connectivity index (χ2v) is 28.9. The van der Waals surface area contributed by atoms with Crippen molar-refractivity contribution in [1.82, 2.24) is 56.4 Å². The minimum atomic E-state index is -3.59. The molecule has 0 aliphatic carbocycles. The van der Waals surface area contributed by atoms with Crippen molar-refractivity contribution in [2.24, 2.45) is 0 Å². The molecule has 0 saturated carbocycles. The van der Waals surface area contributed by atoms with Crippen molar-refractivity contribution in [2.75, 3.05) is 109 Å². The largest absolute Gasteiger partial charge is 0.700 e. The number of nitrogens with zero attached hydrogens (tertiary/aromatic N) is 5.